The molecule has 0 aromatic carbocycles. The monoisotopic (exact) mass is 156 g/mol. The number of carbonyl (C=O) groups excluding carboxylic acids is 2. The minimum atomic E-state index is -0.352. The van der Waals surface area contributed by atoms with E-state index >= 15 is 0 Å². The second kappa shape index (κ2) is 4.90. The van der Waals surface area contributed by atoms with Crippen molar-refractivity contribution in [2.75, 3.05) is 7.05 Å². The molecule has 0 aromatic rings. The van der Waals surface area contributed by atoms with Gasteiger partial charge in [-0.3, -0.25) is 9.59 Å². The maximum absolute atomic E-state index is 10.8. The summed E-state index contributed by atoms with van der Waals surface area (Å²) in [5.41, 5.74) is 0. The molecule has 0 radical (unpaired) electrons. The van der Waals surface area contributed by atoms with Gasteiger partial charge in [0.25, 0.3) is 0 Å². The highest BCUT2D eigenvalue weighted by Crippen LogP contribution is 1.91. The molecule has 0 saturated carbocycles. The van der Waals surface area contributed by atoms with E-state index < -0.39 is 0 Å². The molecule has 4 nitrogen and oxygen atoms in total. The highest BCUT2D eigenvalue weighted by Gasteiger charge is 2.14. The molecule has 2 N–H and O–H groups in total. The van der Waals surface area contributed by atoms with Crippen LogP contribution in [0.2, 0.25) is 0 Å². The Morgan fingerprint density at radius 3 is 2.36 bits per heavy atom. The van der Waals surface area contributed by atoms with E-state index in [1.807, 2.05) is 0 Å². The van der Waals surface area contributed by atoms with Gasteiger partial charge in [-0.2, -0.15) is 0 Å². The highest BCUT2D eigenvalue weighted by molar-refractivity contribution is 6.14. The quantitative estimate of drug-likeness (QED) is 0.473. The van der Waals surface area contributed by atoms with E-state index in [-0.39, 0.29) is 24.2 Å². The lowest BCUT2D eigenvalue weighted by Gasteiger charge is -2.10. The van der Waals surface area contributed by atoms with Gasteiger partial charge in [0.1, 0.15) is 5.78 Å². The molecule has 5 heteroatoms. The van der Waals surface area contributed by atoms with Crippen LogP contribution in [0.15, 0.2) is 0 Å². The van der Waals surface area contributed by atoms with Gasteiger partial charge in [-0.05, 0) is 14.0 Å². The van der Waals surface area contributed by atoms with Crippen LogP contribution in [0.4, 0.5) is 0 Å². The summed E-state index contributed by atoms with van der Waals surface area (Å²) in [4.78, 5) is 21.6. The Labute approximate surface area is 67.2 Å². The average Bonchev–Trinajstić information content (AvgIpc) is 1.99. The van der Waals surface area contributed by atoms with Gasteiger partial charge < -0.3 is 10.5 Å². The molecule has 0 aliphatic rings. The predicted octanol–water partition coefficient (Wildman–Crippen LogP) is -1.78. The number of ketones is 1. The lowest BCUT2D eigenvalue weighted by atomic mass is 10.1. The summed E-state index contributed by atoms with van der Waals surface area (Å²) in [5.74, 6) is -0.143. The van der Waals surface area contributed by atoms with Crippen molar-refractivity contribution in [1.82, 2.24) is 10.5 Å². The molecule has 0 bridgehead atoms. The second-order valence-electron chi connectivity index (χ2n) is 2.33. The van der Waals surface area contributed by atoms with E-state index in [0.717, 1.165) is 0 Å². The summed E-state index contributed by atoms with van der Waals surface area (Å²) < 4.78 is 0. The van der Waals surface area contributed by atoms with E-state index in [0.29, 0.717) is 0 Å². The van der Waals surface area contributed by atoms with Crippen molar-refractivity contribution in [3.05, 3.63) is 0 Å². The largest absolute Gasteiger partial charge is 0.406 e. The van der Waals surface area contributed by atoms with Gasteiger partial charge in [0, 0.05) is 6.42 Å². The lowest BCUT2D eigenvalue weighted by Crippen LogP contribution is -2.37. The third kappa shape index (κ3) is 3.77. The number of nitrogens with one attached hydrogen (secondary N) is 2. The van der Waals surface area contributed by atoms with Gasteiger partial charge in [-0.25, -0.2) is 0 Å². The zero-order chi connectivity index (χ0) is 8.85. The topological polar surface area (TPSA) is 58.2 Å². The number of hydrogen-bond donors (Lipinski definition) is 2. The van der Waals surface area contributed by atoms with Crippen LogP contribution in [0.5, 0.6) is 0 Å². The van der Waals surface area contributed by atoms with E-state index in [2.05, 4.69) is 10.5 Å². The van der Waals surface area contributed by atoms with Crippen molar-refractivity contribution in [2.45, 2.75) is 19.4 Å². The number of Topliss-reactive ketones (excluding diaryl/α,β-unsaturated/α-hetero) is 1. The zero-order valence-electron chi connectivity index (χ0n) is 7.10. The Morgan fingerprint density at radius 1 is 1.55 bits per heavy atom. The summed E-state index contributed by atoms with van der Waals surface area (Å²) in [7, 11) is 3.21. The van der Waals surface area contributed by atoms with Crippen molar-refractivity contribution in [2.24, 2.45) is 0 Å². The molecule has 0 saturated heterocycles. The Hall–Kier alpha value is -0.835. The molecule has 0 rings (SSSR count). The summed E-state index contributed by atoms with van der Waals surface area (Å²) in [5, 5.41) is 5.21. The molecule has 0 aliphatic heterocycles. The van der Waals surface area contributed by atoms with E-state index in [1.165, 1.54) is 6.92 Å². The molecule has 1 unspecified atom stereocenters. The molecule has 0 fully saturated rings. The van der Waals surface area contributed by atoms with Crippen molar-refractivity contribution in [1.29, 1.82) is 0 Å². The normalized spacial score (nSPS) is 12.2. The molecule has 11 heavy (non-hydrogen) atoms. The van der Waals surface area contributed by atoms with Gasteiger partial charge in [0.2, 0.25) is 13.9 Å². The van der Waals surface area contributed by atoms with Gasteiger partial charge in [-0.1, -0.05) is 0 Å². The molecule has 0 aromatic heterocycles. The maximum Gasteiger partial charge on any atom is 0.217 e. The van der Waals surface area contributed by atoms with Crippen LogP contribution >= 0.6 is 0 Å². The first kappa shape index (κ1) is 10.2. The molecular weight excluding hydrogens is 143 g/mol. The van der Waals surface area contributed by atoms with Crippen LogP contribution in [0.1, 0.15) is 13.3 Å². The lowest BCUT2D eigenvalue weighted by molar-refractivity contribution is -0.125. The molecule has 1 amide bonds. The van der Waals surface area contributed by atoms with E-state index in [9.17, 15) is 9.59 Å². The Balaban J connectivity index is 3.88. The minimum Gasteiger partial charge on any atom is -0.406 e. The van der Waals surface area contributed by atoms with Crippen molar-refractivity contribution in [3.8, 4) is 0 Å². The Kier molecular flexibility index (Phi) is 4.53. The van der Waals surface area contributed by atoms with Crippen LogP contribution in [-0.4, -0.2) is 32.8 Å². The maximum atomic E-state index is 10.8. The van der Waals surface area contributed by atoms with Crippen LogP contribution in [0.3, 0.4) is 0 Å². The number of carbonyl (C=O) groups is 2. The number of rotatable bonds is 4. The summed E-state index contributed by atoms with van der Waals surface area (Å²) in [6, 6.07) is -0.352. The fraction of sp³-hybridized carbons (Fsp3) is 0.667. The van der Waals surface area contributed by atoms with Gasteiger partial charge in [-0.15, -0.1) is 0 Å². The van der Waals surface area contributed by atoms with Crippen LogP contribution < -0.4 is 10.5 Å². The Morgan fingerprint density at radius 2 is 2.09 bits per heavy atom. The molecular formula is C6H13BN2O2. The van der Waals surface area contributed by atoms with Crippen LogP contribution in [-0.2, 0) is 9.59 Å². The SMILES string of the molecule is BNC(=O)CC(NC)C(C)=O. The van der Waals surface area contributed by atoms with Crippen molar-refractivity contribution >= 4 is 19.7 Å². The number of likely N-dealkylation sites (N-methyl/N-ethyl adjacent to an activating group) is 1. The van der Waals surface area contributed by atoms with E-state index in [4.69, 9.17) is 0 Å². The third-order valence-corrected chi connectivity index (χ3v) is 1.51. The average molecular weight is 156 g/mol. The van der Waals surface area contributed by atoms with Crippen molar-refractivity contribution < 1.29 is 9.59 Å². The highest BCUT2D eigenvalue weighted by atomic mass is 16.2. The fourth-order valence-electron chi connectivity index (χ4n) is 0.737. The van der Waals surface area contributed by atoms with Gasteiger partial charge >= 0.3 is 0 Å². The molecule has 0 spiro atoms. The molecule has 62 valence electrons. The van der Waals surface area contributed by atoms with Gasteiger partial charge in [0.15, 0.2) is 0 Å². The first-order valence-corrected chi connectivity index (χ1v) is 3.50. The summed E-state index contributed by atoms with van der Waals surface area (Å²) in [6.07, 6.45) is 0.211. The summed E-state index contributed by atoms with van der Waals surface area (Å²) in [6.45, 7) is 1.46. The van der Waals surface area contributed by atoms with Crippen LogP contribution in [0.25, 0.3) is 0 Å². The number of amides is 1. The smallest absolute Gasteiger partial charge is 0.217 e. The number of hydrogen-bond acceptors (Lipinski definition) is 3. The minimum absolute atomic E-state index is 0.0175. The van der Waals surface area contributed by atoms with Crippen molar-refractivity contribution in [3.63, 3.8) is 0 Å². The van der Waals surface area contributed by atoms with Gasteiger partial charge in [0.05, 0.1) is 6.04 Å². The molecule has 1 atom stereocenters. The van der Waals surface area contributed by atoms with Crippen LogP contribution in [0, 0.1) is 0 Å². The molecule has 0 heterocycles. The first-order valence-electron chi connectivity index (χ1n) is 3.50. The fourth-order valence-corrected chi connectivity index (χ4v) is 0.737. The predicted molar refractivity (Wildman–Crippen MR) is 44.8 cm³/mol. The second-order valence-corrected chi connectivity index (χ2v) is 2.33. The Bertz CT molecular complexity index is 161. The summed E-state index contributed by atoms with van der Waals surface area (Å²) >= 11 is 0. The first-order chi connectivity index (χ1) is 5.11. The standard InChI is InChI=1S/C6H13BN2O2/c1-4(10)5(8-2)3-6(11)9-7/h5,8H,3,7H2,1-2H3,(H,9,11). The molecule has 0 aliphatic carbocycles. The van der Waals surface area contributed by atoms with E-state index in [1.54, 1.807) is 15.0 Å². The zero-order valence-corrected chi connectivity index (χ0v) is 7.10. The third-order valence-electron chi connectivity index (χ3n) is 1.51.